The Kier molecular flexibility index (Phi) is 2.84. The predicted molar refractivity (Wildman–Crippen MR) is 51.8 cm³/mol. The van der Waals surface area contributed by atoms with Gasteiger partial charge in [0.25, 0.3) is 0 Å². The molecule has 0 aliphatic rings. The minimum Gasteiger partial charge on any atom is -0.236 e. The SMILES string of the molecule is Cl.Clc1ncnc2ccccc12. The fourth-order valence-electron chi connectivity index (χ4n) is 0.972. The first-order valence-corrected chi connectivity index (χ1v) is 3.61. The van der Waals surface area contributed by atoms with Crippen LogP contribution in [-0.4, -0.2) is 9.97 Å². The first-order valence-electron chi connectivity index (χ1n) is 3.23. The smallest absolute Gasteiger partial charge is 0.140 e. The van der Waals surface area contributed by atoms with Gasteiger partial charge in [-0.1, -0.05) is 23.7 Å². The van der Waals surface area contributed by atoms with Gasteiger partial charge < -0.3 is 0 Å². The van der Waals surface area contributed by atoms with E-state index in [4.69, 9.17) is 11.6 Å². The zero-order chi connectivity index (χ0) is 7.68. The van der Waals surface area contributed by atoms with Crippen molar-refractivity contribution in [3.63, 3.8) is 0 Å². The van der Waals surface area contributed by atoms with Gasteiger partial charge in [0.15, 0.2) is 0 Å². The Balaban J connectivity index is 0.000000720. The molecule has 62 valence electrons. The van der Waals surface area contributed by atoms with E-state index in [9.17, 15) is 0 Å². The lowest BCUT2D eigenvalue weighted by molar-refractivity contribution is 1.22. The van der Waals surface area contributed by atoms with E-state index in [1.807, 2.05) is 24.3 Å². The monoisotopic (exact) mass is 200 g/mol. The summed E-state index contributed by atoms with van der Waals surface area (Å²) in [5.41, 5.74) is 0.882. The Morgan fingerprint density at radius 2 is 1.83 bits per heavy atom. The lowest BCUT2D eigenvalue weighted by Crippen LogP contribution is -1.81. The summed E-state index contributed by atoms with van der Waals surface area (Å²) in [4.78, 5) is 7.91. The fraction of sp³-hybridized carbons (Fsp3) is 0. The van der Waals surface area contributed by atoms with E-state index in [0.717, 1.165) is 10.9 Å². The normalized spacial score (nSPS) is 9.42. The maximum absolute atomic E-state index is 5.81. The van der Waals surface area contributed by atoms with E-state index in [1.165, 1.54) is 6.33 Å². The predicted octanol–water partition coefficient (Wildman–Crippen LogP) is 2.71. The summed E-state index contributed by atoms with van der Waals surface area (Å²) in [5, 5.41) is 1.41. The number of halogens is 2. The van der Waals surface area contributed by atoms with Crippen molar-refractivity contribution < 1.29 is 0 Å². The Hall–Kier alpha value is -0.860. The van der Waals surface area contributed by atoms with Crippen LogP contribution in [0.5, 0.6) is 0 Å². The summed E-state index contributed by atoms with van der Waals surface area (Å²) in [5.74, 6) is 0. The third kappa shape index (κ3) is 1.49. The first-order chi connectivity index (χ1) is 5.38. The minimum atomic E-state index is 0. The Labute approximate surface area is 81.0 Å². The van der Waals surface area contributed by atoms with Crippen molar-refractivity contribution in [3.05, 3.63) is 35.7 Å². The highest BCUT2D eigenvalue weighted by Crippen LogP contribution is 2.17. The number of hydrogen-bond donors (Lipinski definition) is 0. The average molecular weight is 201 g/mol. The average Bonchev–Trinajstić information content (AvgIpc) is 2.06. The number of para-hydroxylation sites is 1. The molecule has 2 rings (SSSR count). The van der Waals surface area contributed by atoms with E-state index in [-0.39, 0.29) is 12.4 Å². The molecule has 1 heterocycles. The van der Waals surface area contributed by atoms with Crippen LogP contribution in [0.2, 0.25) is 5.15 Å². The molecule has 0 aliphatic carbocycles. The summed E-state index contributed by atoms with van der Waals surface area (Å²) < 4.78 is 0. The topological polar surface area (TPSA) is 25.8 Å². The molecule has 2 aromatic rings. The van der Waals surface area contributed by atoms with Crippen LogP contribution in [0.25, 0.3) is 10.9 Å². The number of rotatable bonds is 0. The van der Waals surface area contributed by atoms with Gasteiger partial charge in [-0.05, 0) is 12.1 Å². The van der Waals surface area contributed by atoms with Crippen LogP contribution in [0.4, 0.5) is 0 Å². The summed E-state index contributed by atoms with van der Waals surface area (Å²) in [6, 6.07) is 7.64. The molecule has 4 heteroatoms. The minimum absolute atomic E-state index is 0. The Bertz CT molecular complexity index is 384. The second-order valence-corrected chi connectivity index (χ2v) is 2.54. The van der Waals surface area contributed by atoms with Crippen molar-refractivity contribution in [1.82, 2.24) is 9.97 Å². The maximum atomic E-state index is 5.81. The Morgan fingerprint density at radius 1 is 1.08 bits per heavy atom. The summed E-state index contributed by atoms with van der Waals surface area (Å²) in [7, 11) is 0. The van der Waals surface area contributed by atoms with Gasteiger partial charge >= 0.3 is 0 Å². The van der Waals surface area contributed by atoms with Gasteiger partial charge in [-0.25, -0.2) is 9.97 Å². The molecule has 0 bridgehead atoms. The van der Waals surface area contributed by atoms with Gasteiger partial charge in [-0.15, -0.1) is 12.4 Å². The number of hydrogen-bond acceptors (Lipinski definition) is 2. The molecule has 0 spiro atoms. The van der Waals surface area contributed by atoms with E-state index >= 15 is 0 Å². The molecule has 0 saturated carbocycles. The summed E-state index contributed by atoms with van der Waals surface area (Å²) in [6.45, 7) is 0. The lowest BCUT2D eigenvalue weighted by Gasteiger charge is -1.95. The van der Waals surface area contributed by atoms with Crippen LogP contribution in [0, 0.1) is 0 Å². The number of aromatic nitrogens is 2. The number of fused-ring (bicyclic) bond motifs is 1. The largest absolute Gasteiger partial charge is 0.236 e. The van der Waals surface area contributed by atoms with Crippen LogP contribution in [0.1, 0.15) is 0 Å². The van der Waals surface area contributed by atoms with Gasteiger partial charge in [0.2, 0.25) is 0 Å². The highest BCUT2D eigenvalue weighted by molar-refractivity contribution is 6.33. The molecule has 1 aromatic heterocycles. The molecule has 0 amide bonds. The molecule has 12 heavy (non-hydrogen) atoms. The summed E-state index contributed by atoms with van der Waals surface area (Å²) in [6.07, 6.45) is 1.46. The van der Waals surface area contributed by atoms with Crippen LogP contribution < -0.4 is 0 Å². The van der Waals surface area contributed by atoms with Gasteiger partial charge in [0, 0.05) is 5.39 Å². The Morgan fingerprint density at radius 3 is 2.58 bits per heavy atom. The van der Waals surface area contributed by atoms with Crippen LogP contribution in [0.15, 0.2) is 30.6 Å². The van der Waals surface area contributed by atoms with Crippen molar-refractivity contribution in [2.45, 2.75) is 0 Å². The van der Waals surface area contributed by atoms with Crippen LogP contribution >= 0.6 is 24.0 Å². The van der Waals surface area contributed by atoms with Crippen molar-refractivity contribution in [2.75, 3.05) is 0 Å². The third-order valence-electron chi connectivity index (χ3n) is 1.49. The highest BCUT2D eigenvalue weighted by atomic mass is 35.5. The van der Waals surface area contributed by atoms with Crippen molar-refractivity contribution in [3.8, 4) is 0 Å². The van der Waals surface area contributed by atoms with Gasteiger partial charge in [0.1, 0.15) is 11.5 Å². The standard InChI is InChI=1S/C8H5ClN2.ClH/c9-8-6-3-1-2-4-7(6)10-5-11-8;/h1-5H;1H. The zero-order valence-corrected chi connectivity index (χ0v) is 7.64. The molecule has 0 atom stereocenters. The van der Waals surface area contributed by atoms with Gasteiger partial charge in [-0.3, -0.25) is 0 Å². The first kappa shape index (κ1) is 9.23. The fourth-order valence-corrected chi connectivity index (χ4v) is 1.18. The second-order valence-electron chi connectivity index (χ2n) is 2.18. The summed E-state index contributed by atoms with van der Waals surface area (Å²) >= 11 is 5.81. The zero-order valence-electron chi connectivity index (χ0n) is 6.07. The molecule has 0 saturated heterocycles. The molecule has 0 radical (unpaired) electrons. The van der Waals surface area contributed by atoms with Crippen LogP contribution in [0.3, 0.4) is 0 Å². The molecular weight excluding hydrogens is 195 g/mol. The number of nitrogens with zero attached hydrogens (tertiary/aromatic N) is 2. The molecule has 0 N–H and O–H groups in total. The second kappa shape index (κ2) is 3.70. The molecule has 0 fully saturated rings. The molecule has 2 nitrogen and oxygen atoms in total. The maximum Gasteiger partial charge on any atom is 0.140 e. The van der Waals surface area contributed by atoms with Crippen molar-refractivity contribution >= 4 is 34.9 Å². The van der Waals surface area contributed by atoms with Gasteiger partial charge in [0.05, 0.1) is 5.52 Å². The van der Waals surface area contributed by atoms with Crippen LogP contribution in [-0.2, 0) is 0 Å². The molecular formula is C8H6Cl2N2. The number of benzene rings is 1. The highest BCUT2D eigenvalue weighted by Gasteiger charge is 1.96. The van der Waals surface area contributed by atoms with Gasteiger partial charge in [-0.2, -0.15) is 0 Å². The van der Waals surface area contributed by atoms with Crippen molar-refractivity contribution in [2.24, 2.45) is 0 Å². The third-order valence-corrected chi connectivity index (χ3v) is 1.80. The van der Waals surface area contributed by atoms with E-state index in [2.05, 4.69) is 9.97 Å². The molecule has 0 unspecified atom stereocenters. The van der Waals surface area contributed by atoms with Crippen molar-refractivity contribution in [1.29, 1.82) is 0 Å². The lowest BCUT2D eigenvalue weighted by atomic mass is 10.2. The van der Waals surface area contributed by atoms with E-state index < -0.39 is 0 Å². The van der Waals surface area contributed by atoms with E-state index in [1.54, 1.807) is 0 Å². The van der Waals surface area contributed by atoms with E-state index in [0.29, 0.717) is 5.15 Å². The molecule has 1 aromatic carbocycles. The quantitative estimate of drug-likeness (QED) is 0.612. The molecule has 0 aliphatic heterocycles.